The zero-order valence-electron chi connectivity index (χ0n) is 13.1. The molecule has 0 saturated carbocycles. The summed E-state index contributed by atoms with van der Waals surface area (Å²) in [5.74, 6) is -0.572. The third kappa shape index (κ3) is 5.23. The van der Waals surface area contributed by atoms with Gasteiger partial charge >= 0.3 is 12.1 Å². The van der Waals surface area contributed by atoms with Crippen molar-refractivity contribution in [2.45, 2.75) is 46.6 Å². The molecule has 5 heteroatoms. The van der Waals surface area contributed by atoms with Gasteiger partial charge in [0.25, 0.3) is 0 Å². The van der Waals surface area contributed by atoms with Crippen molar-refractivity contribution in [3.05, 3.63) is 11.6 Å². The number of rotatable bonds is 2. The number of esters is 1. The molecule has 0 aliphatic carbocycles. The van der Waals surface area contributed by atoms with E-state index in [1.807, 2.05) is 33.8 Å². The van der Waals surface area contributed by atoms with Crippen molar-refractivity contribution < 1.29 is 19.1 Å². The predicted octanol–water partition coefficient (Wildman–Crippen LogP) is 2.75. The zero-order chi connectivity index (χ0) is 15.3. The molecule has 0 fully saturated rings. The highest BCUT2D eigenvalue weighted by Gasteiger charge is 2.30. The van der Waals surface area contributed by atoms with Gasteiger partial charge in [-0.25, -0.2) is 4.79 Å². The van der Waals surface area contributed by atoms with Gasteiger partial charge < -0.3 is 14.4 Å². The van der Waals surface area contributed by atoms with Gasteiger partial charge in [0.2, 0.25) is 0 Å². The Morgan fingerprint density at radius 1 is 1.40 bits per heavy atom. The maximum absolute atomic E-state index is 12.1. The van der Waals surface area contributed by atoms with Gasteiger partial charge in [0, 0.05) is 13.1 Å². The van der Waals surface area contributed by atoms with Crippen LogP contribution in [0.4, 0.5) is 4.79 Å². The van der Waals surface area contributed by atoms with Gasteiger partial charge in [-0.05, 0) is 41.0 Å². The monoisotopic (exact) mass is 283 g/mol. The maximum Gasteiger partial charge on any atom is 0.410 e. The van der Waals surface area contributed by atoms with E-state index in [9.17, 15) is 9.59 Å². The van der Waals surface area contributed by atoms with Crippen LogP contribution in [0.1, 0.15) is 41.0 Å². The van der Waals surface area contributed by atoms with Gasteiger partial charge in [0.05, 0.1) is 12.5 Å². The Balaban J connectivity index is 2.77. The molecule has 1 aliphatic heterocycles. The molecule has 0 saturated heterocycles. The molecular weight excluding hydrogens is 258 g/mol. The summed E-state index contributed by atoms with van der Waals surface area (Å²) < 4.78 is 10.4. The van der Waals surface area contributed by atoms with Crippen LogP contribution in [-0.2, 0) is 14.3 Å². The number of ether oxygens (including phenoxy) is 2. The van der Waals surface area contributed by atoms with Crippen molar-refractivity contribution in [2.24, 2.45) is 5.92 Å². The van der Waals surface area contributed by atoms with E-state index in [1.165, 1.54) is 0 Å². The second-order valence-corrected chi connectivity index (χ2v) is 6.09. The minimum absolute atomic E-state index is 0.254. The van der Waals surface area contributed by atoms with Crippen LogP contribution in [0, 0.1) is 5.92 Å². The van der Waals surface area contributed by atoms with Crippen molar-refractivity contribution in [3.8, 4) is 0 Å². The van der Waals surface area contributed by atoms with Gasteiger partial charge in [-0.1, -0.05) is 11.6 Å². The molecule has 0 bridgehead atoms. The molecule has 5 nitrogen and oxygen atoms in total. The highest BCUT2D eigenvalue weighted by Crippen LogP contribution is 2.20. The molecule has 0 aromatic heterocycles. The molecular formula is C15H25NO4. The number of carbonyl (C=O) groups is 2. The Kier molecular flexibility index (Phi) is 5.60. The summed E-state index contributed by atoms with van der Waals surface area (Å²) in [7, 11) is 0. The van der Waals surface area contributed by atoms with Crippen LogP contribution >= 0.6 is 0 Å². The average molecular weight is 283 g/mol. The molecule has 0 spiro atoms. The van der Waals surface area contributed by atoms with Crippen LogP contribution in [0.3, 0.4) is 0 Å². The van der Waals surface area contributed by atoms with Gasteiger partial charge in [0.15, 0.2) is 0 Å². The fraction of sp³-hybridized carbons (Fsp3) is 0.733. The lowest BCUT2D eigenvalue weighted by molar-refractivity contribution is -0.148. The first-order valence-corrected chi connectivity index (χ1v) is 7.03. The van der Waals surface area contributed by atoms with Crippen LogP contribution in [0.15, 0.2) is 11.6 Å². The van der Waals surface area contributed by atoms with Gasteiger partial charge in [-0.3, -0.25) is 4.79 Å². The Labute approximate surface area is 120 Å². The Bertz CT molecular complexity index is 395. The molecule has 0 radical (unpaired) electrons. The van der Waals surface area contributed by atoms with Gasteiger partial charge in [-0.2, -0.15) is 0 Å². The van der Waals surface area contributed by atoms with E-state index in [-0.39, 0.29) is 11.9 Å². The van der Waals surface area contributed by atoms with Gasteiger partial charge in [-0.15, -0.1) is 0 Å². The Morgan fingerprint density at radius 3 is 2.60 bits per heavy atom. The predicted molar refractivity (Wildman–Crippen MR) is 76.3 cm³/mol. The van der Waals surface area contributed by atoms with E-state index in [0.717, 1.165) is 5.57 Å². The van der Waals surface area contributed by atoms with Crippen molar-refractivity contribution in [1.29, 1.82) is 0 Å². The zero-order valence-corrected chi connectivity index (χ0v) is 13.1. The fourth-order valence-corrected chi connectivity index (χ4v) is 2.04. The minimum Gasteiger partial charge on any atom is -0.466 e. The van der Waals surface area contributed by atoms with Crippen LogP contribution < -0.4 is 0 Å². The first-order chi connectivity index (χ1) is 9.23. The number of carbonyl (C=O) groups excluding carboxylic acids is 2. The number of hydrogen-bond acceptors (Lipinski definition) is 4. The lowest BCUT2D eigenvalue weighted by Crippen LogP contribution is -2.40. The molecule has 20 heavy (non-hydrogen) atoms. The molecule has 1 atom stereocenters. The standard InChI is InChI=1S/C15H25NO4/c1-6-19-13(17)12-9-11(2)7-8-16(10-12)14(18)20-15(3,4)5/h7,12H,6,8-10H2,1-5H3. The summed E-state index contributed by atoms with van der Waals surface area (Å²) in [6.07, 6.45) is 2.19. The van der Waals surface area contributed by atoms with Crippen LogP contribution in [-0.4, -0.2) is 42.3 Å². The number of allylic oxidation sites excluding steroid dienone is 1. The summed E-state index contributed by atoms with van der Waals surface area (Å²) >= 11 is 0. The lowest BCUT2D eigenvalue weighted by Gasteiger charge is -2.27. The Morgan fingerprint density at radius 2 is 2.05 bits per heavy atom. The van der Waals surface area contributed by atoms with Gasteiger partial charge in [0.1, 0.15) is 5.60 Å². The van der Waals surface area contributed by atoms with E-state index in [4.69, 9.17) is 9.47 Å². The molecule has 114 valence electrons. The third-order valence-electron chi connectivity index (χ3n) is 2.94. The average Bonchev–Trinajstić information content (AvgIpc) is 2.49. The first-order valence-electron chi connectivity index (χ1n) is 7.03. The van der Waals surface area contributed by atoms with Crippen LogP contribution in [0.2, 0.25) is 0 Å². The van der Waals surface area contributed by atoms with Crippen molar-refractivity contribution >= 4 is 12.1 Å². The number of nitrogens with zero attached hydrogens (tertiary/aromatic N) is 1. The number of hydrogen-bond donors (Lipinski definition) is 0. The SMILES string of the molecule is CCOC(=O)C1CC(C)=CCN(C(=O)OC(C)(C)C)C1. The quantitative estimate of drug-likeness (QED) is 0.577. The molecule has 0 aromatic rings. The minimum atomic E-state index is -0.540. The summed E-state index contributed by atoms with van der Waals surface area (Å²) in [4.78, 5) is 25.6. The highest BCUT2D eigenvalue weighted by atomic mass is 16.6. The molecule has 1 amide bonds. The molecule has 1 unspecified atom stereocenters. The normalized spacial score (nSPS) is 19.9. The van der Waals surface area contributed by atoms with Crippen LogP contribution in [0.25, 0.3) is 0 Å². The smallest absolute Gasteiger partial charge is 0.410 e. The highest BCUT2D eigenvalue weighted by molar-refractivity contribution is 5.75. The summed E-state index contributed by atoms with van der Waals surface area (Å²) in [6, 6.07) is 0. The Hall–Kier alpha value is -1.52. The van der Waals surface area contributed by atoms with E-state index in [2.05, 4.69) is 0 Å². The summed E-state index contributed by atoms with van der Waals surface area (Å²) in [6.45, 7) is 10.4. The largest absolute Gasteiger partial charge is 0.466 e. The molecule has 1 rings (SSSR count). The molecule has 1 heterocycles. The topological polar surface area (TPSA) is 55.8 Å². The van der Waals surface area contributed by atoms with E-state index >= 15 is 0 Å². The summed E-state index contributed by atoms with van der Waals surface area (Å²) in [5, 5.41) is 0. The fourth-order valence-electron chi connectivity index (χ4n) is 2.04. The molecule has 0 N–H and O–H groups in total. The number of amides is 1. The van der Waals surface area contributed by atoms with E-state index < -0.39 is 11.7 Å². The van der Waals surface area contributed by atoms with E-state index in [0.29, 0.717) is 26.1 Å². The van der Waals surface area contributed by atoms with Crippen molar-refractivity contribution in [1.82, 2.24) is 4.90 Å². The molecule has 0 aromatic carbocycles. The van der Waals surface area contributed by atoms with Crippen LogP contribution in [0.5, 0.6) is 0 Å². The lowest BCUT2D eigenvalue weighted by atomic mass is 10.0. The van der Waals surface area contributed by atoms with Crippen molar-refractivity contribution in [2.75, 3.05) is 19.7 Å². The second kappa shape index (κ2) is 6.77. The van der Waals surface area contributed by atoms with Crippen molar-refractivity contribution in [3.63, 3.8) is 0 Å². The third-order valence-corrected chi connectivity index (χ3v) is 2.94. The second-order valence-electron chi connectivity index (χ2n) is 6.09. The first kappa shape index (κ1) is 16.5. The maximum atomic E-state index is 12.1. The summed E-state index contributed by atoms with van der Waals surface area (Å²) in [5.41, 5.74) is 0.552. The van der Waals surface area contributed by atoms with E-state index in [1.54, 1.807) is 11.8 Å². The molecule has 1 aliphatic rings.